The summed E-state index contributed by atoms with van der Waals surface area (Å²) in [7, 11) is 1.94. The second-order valence-electron chi connectivity index (χ2n) is 5.83. The van der Waals surface area contributed by atoms with Crippen molar-refractivity contribution in [2.24, 2.45) is 5.92 Å². The summed E-state index contributed by atoms with van der Waals surface area (Å²) in [6, 6.07) is 0. The number of nitrogens with one attached hydrogen (secondary N) is 1. The molecule has 0 fully saturated rings. The van der Waals surface area contributed by atoms with E-state index in [4.69, 9.17) is 0 Å². The van der Waals surface area contributed by atoms with Gasteiger partial charge in [-0.1, -0.05) is 98.1 Å². The molecule has 2 heteroatoms. The molecular formula is C26H53NS. The standard InChI is InChI=1S/C16H27NS.C4H8.3C2H6/c1-8-14(15(9-2)12(3)4)10-13(5)11-16(6,18)17-7;1-3-4-2;3*1-2/h8-9,13,17-18H,1-3,10-11H2,4-7H3;3-4H,1-2H3;3*1-2H3/b15-14-;4-3-;;;. The molecule has 0 spiro atoms. The van der Waals surface area contributed by atoms with Crippen molar-refractivity contribution < 1.29 is 0 Å². The fourth-order valence-electron chi connectivity index (χ4n) is 2.11. The van der Waals surface area contributed by atoms with Crippen LogP contribution in [0.2, 0.25) is 0 Å². The van der Waals surface area contributed by atoms with E-state index in [-0.39, 0.29) is 4.87 Å². The Labute approximate surface area is 185 Å². The average Bonchev–Trinajstić information content (AvgIpc) is 2.71. The molecule has 0 saturated heterocycles. The monoisotopic (exact) mass is 411 g/mol. The Morgan fingerprint density at radius 2 is 1.39 bits per heavy atom. The zero-order valence-electron chi connectivity index (χ0n) is 21.4. The highest BCUT2D eigenvalue weighted by molar-refractivity contribution is 7.81. The summed E-state index contributed by atoms with van der Waals surface area (Å²) in [6.07, 6.45) is 9.74. The maximum atomic E-state index is 4.60. The lowest BCUT2D eigenvalue weighted by atomic mass is 9.90. The number of allylic oxidation sites excluding steroid dienone is 7. The Morgan fingerprint density at radius 1 is 1.00 bits per heavy atom. The molecule has 0 aromatic heterocycles. The third-order valence-corrected chi connectivity index (χ3v) is 3.85. The van der Waals surface area contributed by atoms with Gasteiger partial charge in [-0.25, -0.2) is 0 Å². The minimum Gasteiger partial charge on any atom is -0.306 e. The Morgan fingerprint density at radius 3 is 1.61 bits per heavy atom. The van der Waals surface area contributed by atoms with Gasteiger partial charge in [0.05, 0.1) is 4.87 Å². The zero-order chi connectivity index (χ0) is 23.8. The second kappa shape index (κ2) is 28.2. The first-order valence-electron chi connectivity index (χ1n) is 10.8. The van der Waals surface area contributed by atoms with E-state index in [1.807, 2.05) is 93.7 Å². The predicted molar refractivity (Wildman–Crippen MR) is 142 cm³/mol. The topological polar surface area (TPSA) is 12.0 Å². The third kappa shape index (κ3) is 25.0. The Balaban J connectivity index is -0.000000149. The second-order valence-corrected chi connectivity index (χ2v) is 6.82. The molecule has 0 aliphatic heterocycles. The molecule has 0 aliphatic rings. The quantitative estimate of drug-likeness (QED) is 0.175. The van der Waals surface area contributed by atoms with Gasteiger partial charge in [-0.3, -0.25) is 0 Å². The summed E-state index contributed by atoms with van der Waals surface area (Å²) in [4.78, 5) is -0.136. The first-order valence-corrected chi connectivity index (χ1v) is 11.3. The van der Waals surface area contributed by atoms with Gasteiger partial charge in [-0.05, 0) is 64.6 Å². The van der Waals surface area contributed by atoms with Crippen LogP contribution in [0.3, 0.4) is 0 Å². The van der Waals surface area contributed by atoms with Crippen molar-refractivity contribution in [1.82, 2.24) is 5.32 Å². The summed E-state index contributed by atoms with van der Waals surface area (Å²) in [5.41, 5.74) is 3.36. The minimum atomic E-state index is -0.136. The molecule has 2 atom stereocenters. The minimum absolute atomic E-state index is 0.136. The largest absolute Gasteiger partial charge is 0.306 e. The molecule has 0 radical (unpaired) electrons. The van der Waals surface area contributed by atoms with Crippen molar-refractivity contribution in [3.63, 3.8) is 0 Å². The fraction of sp³-hybridized carbons (Fsp3) is 0.615. The molecule has 1 N–H and O–H groups in total. The van der Waals surface area contributed by atoms with Crippen LogP contribution in [0.5, 0.6) is 0 Å². The van der Waals surface area contributed by atoms with E-state index in [1.165, 1.54) is 5.57 Å². The summed E-state index contributed by atoms with van der Waals surface area (Å²) in [5.74, 6) is 0.516. The van der Waals surface area contributed by atoms with Crippen molar-refractivity contribution >= 4 is 12.6 Å². The van der Waals surface area contributed by atoms with Gasteiger partial charge in [-0.15, -0.1) is 0 Å². The smallest absolute Gasteiger partial charge is 0.0587 e. The lowest BCUT2D eigenvalue weighted by Gasteiger charge is -2.27. The maximum Gasteiger partial charge on any atom is 0.0587 e. The van der Waals surface area contributed by atoms with Crippen LogP contribution >= 0.6 is 12.6 Å². The fourth-order valence-corrected chi connectivity index (χ4v) is 2.42. The Hall–Kier alpha value is -0.990. The molecule has 2 unspecified atom stereocenters. The van der Waals surface area contributed by atoms with Gasteiger partial charge >= 0.3 is 0 Å². The van der Waals surface area contributed by atoms with E-state index >= 15 is 0 Å². The first-order chi connectivity index (χ1) is 13.2. The maximum absolute atomic E-state index is 4.60. The van der Waals surface area contributed by atoms with Crippen molar-refractivity contribution in [2.75, 3.05) is 7.05 Å². The molecule has 0 heterocycles. The first kappa shape index (κ1) is 37.7. The molecule has 28 heavy (non-hydrogen) atoms. The summed E-state index contributed by atoms with van der Waals surface area (Å²) in [6.45, 7) is 34.1. The van der Waals surface area contributed by atoms with Gasteiger partial charge in [0.15, 0.2) is 0 Å². The van der Waals surface area contributed by atoms with Crippen LogP contribution in [0.25, 0.3) is 0 Å². The molecule has 0 saturated carbocycles. The molecule has 0 rings (SSSR count). The highest BCUT2D eigenvalue weighted by Gasteiger charge is 2.20. The van der Waals surface area contributed by atoms with Gasteiger partial charge < -0.3 is 5.32 Å². The van der Waals surface area contributed by atoms with E-state index in [0.29, 0.717) is 5.92 Å². The van der Waals surface area contributed by atoms with Crippen LogP contribution in [0.1, 0.15) is 89.0 Å². The van der Waals surface area contributed by atoms with E-state index in [2.05, 4.69) is 51.5 Å². The van der Waals surface area contributed by atoms with Crippen molar-refractivity contribution in [2.45, 2.75) is 93.9 Å². The van der Waals surface area contributed by atoms with Crippen LogP contribution < -0.4 is 5.32 Å². The molecule has 1 nitrogen and oxygen atoms in total. The van der Waals surface area contributed by atoms with Crippen molar-refractivity contribution in [1.29, 1.82) is 0 Å². The lowest BCUT2D eigenvalue weighted by Crippen LogP contribution is -2.35. The predicted octanol–water partition coefficient (Wildman–Crippen LogP) is 9.17. The molecule has 0 aromatic rings. The molecule has 0 amide bonds. The van der Waals surface area contributed by atoms with Crippen LogP contribution in [-0.4, -0.2) is 11.9 Å². The highest BCUT2D eigenvalue weighted by atomic mass is 32.1. The molecule has 0 aliphatic carbocycles. The SMILES string of the molecule is C/C=C\C.C=C/C(CC(C)CC(C)(S)NC)=C(\C=C)C(=C)C.CC.CC.CC. The number of hydrogen-bond donors (Lipinski definition) is 2. The van der Waals surface area contributed by atoms with E-state index in [9.17, 15) is 0 Å². The van der Waals surface area contributed by atoms with Crippen LogP contribution in [0.15, 0.2) is 60.8 Å². The van der Waals surface area contributed by atoms with Gasteiger partial charge in [0.25, 0.3) is 0 Å². The normalized spacial score (nSPS) is 13.2. The Bertz CT molecular complexity index is 410. The number of hydrogen-bond acceptors (Lipinski definition) is 2. The van der Waals surface area contributed by atoms with E-state index < -0.39 is 0 Å². The number of rotatable bonds is 8. The summed E-state index contributed by atoms with van der Waals surface area (Å²) < 4.78 is 0. The van der Waals surface area contributed by atoms with Crippen molar-refractivity contribution in [3.8, 4) is 0 Å². The van der Waals surface area contributed by atoms with E-state index in [0.717, 1.165) is 24.0 Å². The van der Waals surface area contributed by atoms with Crippen molar-refractivity contribution in [3.05, 3.63) is 60.8 Å². The third-order valence-electron chi connectivity index (χ3n) is 3.44. The van der Waals surface area contributed by atoms with Crippen LogP contribution in [0, 0.1) is 5.92 Å². The van der Waals surface area contributed by atoms with E-state index in [1.54, 1.807) is 0 Å². The Kier molecular flexibility index (Phi) is 38.0. The summed E-state index contributed by atoms with van der Waals surface area (Å²) in [5, 5.41) is 3.21. The average molecular weight is 412 g/mol. The molecule has 168 valence electrons. The molecule has 0 bridgehead atoms. The lowest BCUT2D eigenvalue weighted by molar-refractivity contribution is 0.412. The van der Waals surface area contributed by atoms with Gasteiger partial charge in [-0.2, -0.15) is 12.6 Å². The zero-order valence-corrected chi connectivity index (χ0v) is 22.3. The molecular weight excluding hydrogens is 358 g/mol. The summed E-state index contributed by atoms with van der Waals surface area (Å²) >= 11 is 4.60. The van der Waals surface area contributed by atoms with Gasteiger partial charge in [0, 0.05) is 0 Å². The number of thiol groups is 1. The highest BCUT2D eigenvalue weighted by Crippen LogP contribution is 2.28. The van der Waals surface area contributed by atoms with Crippen LogP contribution in [0.4, 0.5) is 0 Å². The van der Waals surface area contributed by atoms with Gasteiger partial charge in [0.1, 0.15) is 0 Å². The molecule has 0 aromatic carbocycles. The van der Waals surface area contributed by atoms with Crippen LogP contribution in [-0.2, 0) is 0 Å². The van der Waals surface area contributed by atoms with Gasteiger partial charge in [0.2, 0.25) is 0 Å².